The lowest BCUT2D eigenvalue weighted by Crippen LogP contribution is -2.50. The Morgan fingerprint density at radius 2 is 1.16 bits per heavy atom. The van der Waals surface area contributed by atoms with Crippen LogP contribution in [0.4, 0.5) is 35.0 Å². The molecule has 1 N–H and O–H groups in total. The van der Waals surface area contributed by atoms with Crippen LogP contribution in [0.5, 0.6) is 0 Å². The molecule has 0 saturated heterocycles. The molecule has 0 radical (unpaired) electrons. The van der Waals surface area contributed by atoms with E-state index in [2.05, 4.69) is 45.5 Å². The van der Waals surface area contributed by atoms with Crippen molar-refractivity contribution in [3.63, 3.8) is 0 Å². The molecule has 3 amide bonds. The summed E-state index contributed by atoms with van der Waals surface area (Å²) >= 11 is 2.76. The first-order valence-electron chi connectivity index (χ1n) is 22.7. The summed E-state index contributed by atoms with van der Waals surface area (Å²) in [5.74, 6) is 0.281. The van der Waals surface area contributed by atoms with E-state index in [-0.39, 0.29) is 37.2 Å². The van der Waals surface area contributed by atoms with Gasteiger partial charge in [0.15, 0.2) is 11.6 Å². The van der Waals surface area contributed by atoms with Crippen molar-refractivity contribution in [3.05, 3.63) is 125 Å². The second-order valence-corrected chi connectivity index (χ2v) is 21.4. The number of carbonyl (C=O) groups excluding carboxylic acids is 3. The van der Waals surface area contributed by atoms with Crippen molar-refractivity contribution in [2.45, 2.75) is 102 Å². The molecule has 6 aromatic rings. The maximum absolute atomic E-state index is 14.8. The number of hydrogen-bond donors (Lipinski definition) is 1. The van der Waals surface area contributed by atoms with Crippen LogP contribution < -0.4 is 15.1 Å². The van der Waals surface area contributed by atoms with Gasteiger partial charge in [0.2, 0.25) is 10.9 Å². The summed E-state index contributed by atoms with van der Waals surface area (Å²) in [6.07, 6.45) is 6.64. The minimum atomic E-state index is -0.725. The van der Waals surface area contributed by atoms with E-state index in [1.165, 1.54) is 44.6 Å². The molecule has 6 aromatic heterocycles. The number of thiophene rings is 2. The Labute approximate surface area is 412 Å². The molecule has 7 heterocycles. The van der Waals surface area contributed by atoms with E-state index in [4.69, 9.17) is 16.0 Å². The van der Waals surface area contributed by atoms with E-state index >= 15 is 0 Å². The number of rotatable bonds is 11. The van der Waals surface area contributed by atoms with Crippen molar-refractivity contribution in [2.75, 3.05) is 29.4 Å². The molecule has 2 aliphatic carbocycles. The van der Waals surface area contributed by atoms with Gasteiger partial charge in [-0.15, -0.1) is 31.7 Å². The third-order valence-corrected chi connectivity index (χ3v) is 13.9. The minimum Gasteiger partial charge on any atom is -0.443 e. The average molecular weight is 988 g/mol. The highest BCUT2D eigenvalue weighted by atomic mass is 32.1. The lowest BCUT2D eigenvalue weighted by Gasteiger charge is -2.44. The lowest BCUT2D eigenvalue weighted by atomic mass is 9.66. The topological polar surface area (TPSA) is 182 Å². The van der Waals surface area contributed by atoms with Crippen LogP contribution in [0, 0.1) is 18.2 Å². The number of ether oxygens (including phenoxy) is 2. The first-order valence-corrected chi connectivity index (χ1v) is 24.3. The van der Waals surface area contributed by atoms with Gasteiger partial charge in [-0.2, -0.15) is 11.3 Å². The number of aliphatic imine (C=N–C) groups is 1. The van der Waals surface area contributed by atoms with Crippen LogP contribution in [0.1, 0.15) is 96.3 Å². The van der Waals surface area contributed by atoms with Gasteiger partial charge in [-0.1, -0.05) is 18.9 Å². The summed E-state index contributed by atoms with van der Waals surface area (Å²) in [7, 11) is 0. The van der Waals surface area contributed by atoms with Gasteiger partial charge >= 0.3 is 12.2 Å². The smallest absolute Gasteiger partial charge is 0.416 e. The lowest BCUT2D eigenvalue weighted by molar-refractivity contribution is -0.117. The summed E-state index contributed by atoms with van der Waals surface area (Å²) < 4.78 is 40.7. The number of pyridine rings is 2. The zero-order valence-corrected chi connectivity index (χ0v) is 41.2. The van der Waals surface area contributed by atoms with E-state index in [0.717, 1.165) is 27.5 Å². The Morgan fingerprint density at radius 1 is 0.686 bits per heavy atom. The highest BCUT2D eigenvalue weighted by molar-refractivity contribution is 7.19. The fourth-order valence-electron chi connectivity index (χ4n) is 8.25. The van der Waals surface area contributed by atoms with Crippen LogP contribution in [0.25, 0.3) is 26.0 Å². The molecule has 3 aliphatic rings. The van der Waals surface area contributed by atoms with Crippen LogP contribution in [-0.2, 0) is 25.1 Å². The molecule has 0 bridgehead atoms. The Bertz CT molecular complexity index is 2950. The van der Waals surface area contributed by atoms with Crippen molar-refractivity contribution < 1.29 is 32.6 Å². The average Bonchev–Trinajstić information content (AvgIpc) is 4.08. The molecule has 0 unspecified atom stereocenters. The number of carbonyl (C=O) groups is 3. The first kappa shape index (κ1) is 49.3. The maximum Gasteiger partial charge on any atom is 0.416 e. The van der Waals surface area contributed by atoms with E-state index in [1.54, 1.807) is 96.4 Å². The summed E-state index contributed by atoms with van der Waals surface area (Å²) in [5, 5.41) is 20.6. The Hall–Kier alpha value is -7.11. The molecule has 9 rings (SSSR count). The van der Waals surface area contributed by atoms with Gasteiger partial charge in [0, 0.05) is 41.2 Å². The molecular formula is C50H51F2N11O5S2. The van der Waals surface area contributed by atoms with Gasteiger partial charge in [-0.3, -0.25) is 29.6 Å². The van der Waals surface area contributed by atoms with E-state index in [9.17, 15) is 23.2 Å². The van der Waals surface area contributed by atoms with Crippen molar-refractivity contribution in [1.82, 2.24) is 35.7 Å². The zero-order valence-electron chi connectivity index (χ0n) is 39.5. The van der Waals surface area contributed by atoms with Crippen LogP contribution in [-0.4, -0.2) is 85.1 Å². The van der Waals surface area contributed by atoms with Crippen LogP contribution in [0.15, 0.2) is 90.2 Å². The van der Waals surface area contributed by atoms with Gasteiger partial charge in [0.05, 0.1) is 27.7 Å². The van der Waals surface area contributed by atoms with Gasteiger partial charge in [-0.25, -0.2) is 23.2 Å². The third kappa shape index (κ3) is 11.2. The summed E-state index contributed by atoms with van der Waals surface area (Å²) in [6, 6.07) is 20.2. The van der Waals surface area contributed by atoms with E-state index in [0.29, 0.717) is 70.9 Å². The van der Waals surface area contributed by atoms with Crippen LogP contribution in [0.3, 0.4) is 0 Å². The van der Waals surface area contributed by atoms with Crippen LogP contribution >= 0.6 is 22.7 Å². The number of amides is 3. The fourth-order valence-corrected chi connectivity index (χ4v) is 9.94. The highest BCUT2D eigenvalue weighted by Gasteiger charge is 2.47. The van der Waals surface area contributed by atoms with Gasteiger partial charge < -0.3 is 14.8 Å². The summed E-state index contributed by atoms with van der Waals surface area (Å²) in [4.78, 5) is 59.5. The predicted octanol–water partition coefficient (Wildman–Crippen LogP) is 10.6. The number of nitrogens with zero attached hydrogens (tertiary/aromatic N) is 10. The predicted molar refractivity (Wildman–Crippen MR) is 263 cm³/mol. The number of halogens is 2. The molecule has 70 heavy (non-hydrogen) atoms. The van der Waals surface area contributed by atoms with Crippen LogP contribution in [0.2, 0.25) is 0 Å². The SMILES string of the molecule is CC(C)(C)OC(=O)N(CC1(c2ncccc2F)CCC1)c1ccc(-c2ccc(C3=NCC(=O)N3)s2)nn1.[C-]#[N+]c1ccc(-c2ccc(N(CC3(c4ncccc4F)CCC3)C(=O)OC(C)(C)C)nn2)s1. The van der Waals surface area contributed by atoms with Crippen molar-refractivity contribution in [3.8, 4) is 21.1 Å². The third-order valence-electron chi connectivity index (χ3n) is 11.8. The Balaban J connectivity index is 0.000000190. The Morgan fingerprint density at radius 3 is 1.53 bits per heavy atom. The number of amidine groups is 1. The van der Waals surface area contributed by atoms with Crippen molar-refractivity contribution in [2.24, 2.45) is 4.99 Å². The second kappa shape index (κ2) is 20.1. The quantitative estimate of drug-likeness (QED) is 0.122. The number of hydrogen-bond acceptors (Lipinski definition) is 14. The monoisotopic (exact) mass is 987 g/mol. The van der Waals surface area contributed by atoms with Gasteiger partial charge in [-0.05, 0) is 134 Å². The van der Waals surface area contributed by atoms with E-state index < -0.39 is 34.2 Å². The highest BCUT2D eigenvalue weighted by Crippen LogP contribution is 2.46. The number of nitrogens with one attached hydrogen (secondary N) is 1. The van der Waals surface area contributed by atoms with Crippen molar-refractivity contribution >= 4 is 63.2 Å². The standard InChI is InChI=1S/C26H27FN6O3S.C24H24FN5O2S/c1-25(2,3)36-24(35)33(15-26(11-5-12-26)22-16(27)6-4-13-28-22)20-10-7-17(31-32-20)18-8-9-19(37-18)23-29-14-21(34)30-23;1-23(2,3)32-22(31)30(15-24(12-6-13-24)21-16(25)7-5-14-27-21)19-10-8-17(28-29-19)18-9-11-20(26-4)33-18/h4,6-10,13H,5,11-12,14-15H2,1-3H3,(H,29,30,34);5,7-11,14H,6,12-13,15H2,1-3H3. The molecule has 20 heteroatoms. The van der Waals surface area contributed by atoms with Gasteiger partial charge in [0.25, 0.3) is 0 Å². The molecule has 0 aromatic carbocycles. The number of anilines is 2. The summed E-state index contributed by atoms with van der Waals surface area (Å²) in [5.41, 5.74) is -0.735. The zero-order chi connectivity index (χ0) is 49.8. The normalized spacial score (nSPS) is 15.7. The number of aromatic nitrogens is 6. The first-order chi connectivity index (χ1) is 33.3. The molecule has 2 fully saturated rings. The summed E-state index contributed by atoms with van der Waals surface area (Å²) in [6.45, 7) is 18.4. The molecule has 362 valence electrons. The Kier molecular flexibility index (Phi) is 14.1. The second-order valence-electron chi connectivity index (χ2n) is 19.2. The molecule has 2 saturated carbocycles. The molecule has 16 nitrogen and oxygen atoms in total. The largest absolute Gasteiger partial charge is 0.443 e. The molecule has 1 aliphatic heterocycles. The minimum absolute atomic E-state index is 0.126. The maximum atomic E-state index is 14.8. The molecule has 0 atom stereocenters. The molecular weight excluding hydrogens is 937 g/mol. The van der Waals surface area contributed by atoms with E-state index in [1.807, 2.05) is 18.2 Å². The fraction of sp³-hybridized carbons (Fsp3) is 0.380. The molecule has 0 spiro atoms. The van der Waals surface area contributed by atoms with Gasteiger partial charge in [0.1, 0.15) is 46.6 Å². The van der Waals surface area contributed by atoms with Crippen molar-refractivity contribution in [1.29, 1.82) is 0 Å².